The molecule has 0 saturated carbocycles. The predicted molar refractivity (Wildman–Crippen MR) is 109 cm³/mol. The lowest BCUT2D eigenvalue weighted by Crippen LogP contribution is -2.13. The van der Waals surface area contributed by atoms with Crippen molar-refractivity contribution < 1.29 is 18.6 Å². The minimum absolute atomic E-state index is 0.0836. The summed E-state index contributed by atoms with van der Waals surface area (Å²) >= 11 is 0. The molecule has 7 heteroatoms. The van der Waals surface area contributed by atoms with Crippen molar-refractivity contribution in [3.05, 3.63) is 59.4 Å². The third kappa shape index (κ3) is 3.71. The molecule has 0 radical (unpaired) electrons. The Kier molecular flexibility index (Phi) is 4.80. The van der Waals surface area contributed by atoms with Gasteiger partial charge < -0.3 is 9.15 Å². The van der Waals surface area contributed by atoms with Gasteiger partial charge in [-0.3, -0.25) is 10.1 Å². The molecule has 4 rings (SSSR count). The van der Waals surface area contributed by atoms with Crippen LogP contribution in [0, 0.1) is 13.8 Å². The standard InChI is InChI=1S/C22H21N3O4/c1-12(2)27-16-8-6-15(7-9-16)19-21(25-29-24-19)23-22(26)20-14(4)17-11-13(3)5-10-18(17)28-20/h5-12H,1-4H3,(H,23,25,26). The number of fused-ring (bicyclic) bond motifs is 1. The summed E-state index contributed by atoms with van der Waals surface area (Å²) in [5.74, 6) is 0.802. The third-order valence-electron chi connectivity index (χ3n) is 4.52. The number of benzene rings is 2. The average Bonchev–Trinajstić information content (AvgIpc) is 3.27. The second-order valence-electron chi connectivity index (χ2n) is 7.16. The summed E-state index contributed by atoms with van der Waals surface area (Å²) in [7, 11) is 0. The zero-order valence-electron chi connectivity index (χ0n) is 16.6. The van der Waals surface area contributed by atoms with Gasteiger partial charge in [0, 0.05) is 16.5 Å². The molecular weight excluding hydrogens is 370 g/mol. The zero-order valence-corrected chi connectivity index (χ0v) is 16.6. The van der Waals surface area contributed by atoms with Gasteiger partial charge in [0.1, 0.15) is 11.3 Å². The van der Waals surface area contributed by atoms with Gasteiger partial charge >= 0.3 is 0 Å². The molecule has 2 aromatic heterocycles. The number of carbonyl (C=O) groups excluding carboxylic acids is 1. The van der Waals surface area contributed by atoms with E-state index in [1.54, 1.807) is 0 Å². The summed E-state index contributed by atoms with van der Waals surface area (Å²) in [5, 5.41) is 11.4. The first-order chi connectivity index (χ1) is 13.9. The normalized spacial score (nSPS) is 11.2. The highest BCUT2D eigenvalue weighted by Gasteiger charge is 2.21. The van der Waals surface area contributed by atoms with Crippen molar-refractivity contribution in [2.75, 3.05) is 5.32 Å². The monoisotopic (exact) mass is 391 g/mol. The minimum atomic E-state index is -0.409. The highest BCUT2D eigenvalue weighted by Crippen LogP contribution is 2.29. The minimum Gasteiger partial charge on any atom is -0.491 e. The van der Waals surface area contributed by atoms with Crippen molar-refractivity contribution in [3.63, 3.8) is 0 Å². The number of furan rings is 1. The van der Waals surface area contributed by atoms with Gasteiger partial charge in [-0.1, -0.05) is 11.6 Å². The highest BCUT2D eigenvalue weighted by atomic mass is 16.6. The average molecular weight is 391 g/mol. The Morgan fingerprint density at radius 2 is 1.83 bits per heavy atom. The Hall–Kier alpha value is -3.61. The Balaban J connectivity index is 1.59. The van der Waals surface area contributed by atoms with Crippen LogP contribution in [-0.2, 0) is 0 Å². The molecule has 0 spiro atoms. The lowest BCUT2D eigenvalue weighted by molar-refractivity contribution is 0.0997. The summed E-state index contributed by atoms with van der Waals surface area (Å²) in [6, 6.07) is 13.1. The predicted octanol–water partition coefficient (Wildman–Crippen LogP) is 5.14. The summed E-state index contributed by atoms with van der Waals surface area (Å²) in [6.45, 7) is 7.78. The SMILES string of the molecule is Cc1ccc2oc(C(=O)Nc3nonc3-c3ccc(OC(C)C)cc3)c(C)c2c1. The van der Waals surface area contributed by atoms with E-state index in [-0.39, 0.29) is 17.7 Å². The van der Waals surface area contributed by atoms with Gasteiger partial charge in [-0.2, -0.15) is 0 Å². The van der Waals surface area contributed by atoms with Gasteiger partial charge in [0.15, 0.2) is 11.5 Å². The highest BCUT2D eigenvalue weighted by molar-refractivity contribution is 6.07. The number of hydrogen-bond donors (Lipinski definition) is 1. The van der Waals surface area contributed by atoms with E-state index >= 15 is 0 Å². The lowest BCUT2D eigenvalue weighted by Gasteiger charge is -2.09. The van der Waals surface area contributed by atoms with Gasteiger partial charge in [0.25, 0.3) is 5.91 Å². The summed E-state index contributed by atoms with van der Waals surface area (Å²) < 4.78 is 16.3. The summed E-state index contributed by atoms with van der Waals surface area (Å²) in [6.07, 6.45) is 0.0836. The van der Waals surface area contributed by atoms with E-state index in [9.17, 15) is 4.79 Å². The first-order valence-electron chi connectivity index (χ1n) is 9.33. The van der Waals surface area contributed by atoms with E-state index in [0.29, 0.717) is 11.3 Å². The van der Waals surface area contributed by atoms with E-state index < -0.39 is 5.91 Å². The van der Waals surface area contributed by atoms with Crippen molar-refractivity contribution in [1.29, 1.82) is 0 Å². The van der Waals surface area contributed by atoms with E-state index in [4.69, 9.17) is 13.8 Å². The Morgan fingerprint density at radius 3 is 2.55 bits per heavy atom. The van der Waals surface area contributed by atoms with Crippen LogP contribution in [0.25, 0.3) is 22.2 Å². The number of nitrogens with zero attached hydrogens (tertiary/aromatic N) is 2. The molecule has 1 amide bonds. The number of carbonyl (C=O) groups is 1. The van der Waals surface area contributed by atoms with E-state index in [1.807, 2.05) is 70.2 Å². The van der Waals surface area contributed by atoms with Crippen molar-refractivity contribution in [1.82, 2.24) is 10.3 Å². The Morgan fingerprint density at radius 1 is 1.07 bits per heavy atom. The number of hydrogen-bond acceptors (Lipinski definition) is 6. The molecule has 2 heterocycles. The fourth-order valence-electron chi connectivity index (χ4n) is 3.14. The van der Waals surface area contributed by atoms with Crippen LogP contribution in [-0.4, -0.2) is 22.3 Å². The van der Waals surface area contributed by atoms with Crippen LogP contribution in [0.3, 0.4) is 0 Å². The molecule has 1 N–H and O–H groups in total. The first kappa shape index (κ1) is 18.7. The molecule has 148 valence electrons. The van der Waals surface area contributed by atoms with Crippen LogP contribution in [0.5, 0.6) is 5.75 Å². The third-order valence-corrected chi connectivity index (χ3v) is 4.52. The van der Waals surface area contributed by atoms with Crippen LogP contribution in [0.2, 0.25) is 0 Å². The second-order valence-corrected chi connectivity index (χ2v) is 7.16. The number of nitrogens with one attached hydrogen (secondary N) is 1. The lowest BCUT2D eigenvalue weighted by atomic mass is 10.1. The molecule has 0 aliphatic heterocycles. The van der Waals surface area contributed by atoms with Gasteiger partial charge in [0.2, 0.25) is 5.82 Å². The molecule has 2 aromatic carbocycles. The maximum absolute atomic E-state index is 12.8. The van der Waals surface area contributed by atoms with E-state index in [1.165, 1.54) is 0 Å². The van der Waals surface area contributed by atoms with Crippen LogP contribution in [0.1, 0.15) is 35.5 Å². The topological polar surface area (TPSA) is 90.4 Å². The molecular formula is C22H21N3O4. The van der Waals surface area contributed by atoms with Gasteiger partial charge in [-0.25, -0.2) is 4.63 Å². The number of ether oxygens (including phenoxy) is 1. The number of amides is 1. The molecule has 0 aliphatic rings. The van der Waals surface area contributed by atoms with Gasteiger partial charge in [-0.15, -0.1) is 0 Å². The van der Waals surface area contributed by atoms with Crippen LogP contribution >= 0.6 is 0 Å². The molecule has 0 atom stereocenters. The molecule has 0 bridgehead atoms. The maximum Gasteiger partial charge on any atom is 0.292 e. The molecule has 0 unspecified atom stereocenters. The molecule has 4 aromatic rings. The molecule has 7 nitrogen and oxygen atoms in total. The maximum atomic E-state index is 12.8. The number of aryl methyl sites for hydroxylation is 2. The molecule has 29 heavy (non-hydrogen) atoms. The fraction of sp³-hybridized carbons (Fsp3) is 0.227. The smallest absolute Gasteiger partial charge is 0.292 e. The van der Waals surface area contributed by atoms with Crippen LogP contribution < -0.4 is 10.1 Å². The first-order valence-corrected chi connectivity index (χ1v) is 9.33. The van der Waals surface area contributed by atoms with Gasteiger partial charge in [0.05, 0.1) is 6.10 Å². The zero-order chi connectivity index (χ0) is 20.5. The van der Waals surface area contributed by atoms with Crippen molar-refractivity contribution >= 4 is 22.7 Å². The van der Waals surface area contributed by atoms with E-state index in [0.717, 1.165) is 27.8 Å². The number of rotatable bonds is 5. The number of aromatic nitrogens is 2. The van der Waals surface area contributed by atoms with Crippen molar-refractivity contribution in [2.24, 2.45) is 0 Å². The Bertz CT molecular complexity index is 1170. The molecule has 0 fully saturated rings. The van der Waals surface area contributed by atoms with Crippen LogP contribution in [0.15, 0.2) is 51.5 Å². The second kappa shape index (κ2) is 7.43. The molecule has 0 saturated heterocycles. The molecule has 0 aliphatic carbocycles. The number of anilines is 1. The van der Waals surface area contributed by atoms with Crippen molar-refractivity contribution in [2.45, 2.75) is 33.8 Å². The fourth-order valence-corrected chi connectivity index (χ4v) is 3.14. The largest absolute Gasteiger partial charge is 0.491 e. The van der Waals surface area contributed by atoms with E-state index in [2.05, 4.69) is 15.6 Å². The van der Waals surface area contributed by atoms with Crippen molar-refractivity contribution in [3.8, 4) is 17.0 Å². The summed E-state index contributed by atoms with van der Waals surface area (Å²) in [5.41, 5.74) is 3.71. The Labute approximate surface area is 167 Å². The van der Waals surface area contributed by atoms with Gasteiger partial charge in [-0.05, 0) is 74.4 Å². The quantitative estimate of drug-likeness (QED) is 0.507. The van der Waals surface area contributed by atoms with Crippen LogP contribution in [0.4, 0.5) is 5.82 Å². The summed E-state index contributed by atoms with van der Waals surface area (Å²) in [4.78, 5) is 12.8.